The molecule has 2 N–H and O–H groups in total. The summed E-state index contributed by atoms with van der Waals surface area (Å²) >= 11 is 0. The maximum absolute atomic E-state index is 11.6. The molecular weight excluding hydrogens is 242 g/mol. The molecule has 0 unspecified atom stereocenters. The van der Waals surface area contributed by atoms with Crippen LogP contribution in [0.1, 0.15) is 24.8 Å². The SMILES string of the molecule is NC(=NC(=O)OCc1ccccc1)N1CCCCC1. The maximum Gasteiger partial charge on any atom is 0.437 e. The molecule has 0 spiro atoms. The molecule has 0 bridgehead atoms. The molecule has 1 aliphatic heterocycles. The van der Waals surface area contributed by atoms with Crippen LogP contribution in [0.2, 0.25) is 0 Å². The molecule has 0 radical (unpaired) electrons. The molecule has 1 amide bonds. The molecule has 5 heteroatoms. The van der Waals surface area contributed by atoms with Crippen LogP contribution in [0.15, 0.2) is 35.3 Å². The number of ether oxygens (including phenoxy) is 1. The average Bonchev–Trinajstić information content (AvgIpc) is 2.47. The molecule has 1 aromatic rings. The zero-order chi connectivity index (χ0) is 13.5. The average molecular weight is 261 g/mol. The van der Waals surface area contributed by atoms with Gasteiger partial charge in [0, 0.05) is 13.1 Å². The number of amides is 1. The fourth-order valence-electron chi connectivity index (χ4n) is 2.04. The number of likely N-dealkylation sites (tertiary alicyclic amines) is 1. The van der Waals surface area contributed by atoms with E-state index in [2.05, 4.69) is 4.99 Å². The molecule has 102 valence electrons. The lowest BCUT2D eigenvalue weighted by Gasteiger charge is -2.27. The summed E-state index contributed by atoms with van der Waals surface area (Å²) in [4.78, 5) is 17.3. The van der Waals surface area contributed by atoms with Gasteiger partial charge in [-0.1, -0.05) is 30.3 Å². The summed E-state index contributed by atoms with van der Waals surface area (Å²) in [5.41, 5.74) is 6.73. The van der Waals surface area contributed by atoms with Gasteiger partial charge in [-0.05, 0) is 24.8 Å². The molecule has 0 aromatic heterocycles. The van der Waals surface area contributed by atoms with Gasteiger partial charge >= 0.3 is 6.09 Å². The quantitative estimate of drug-likeness (QED) is 0.654. The largest absolute Gasteiger partial charge is 0.443 e. The van der Waals surface area contributed by atoms with Crippen LogP contribution >= 0.6 is 0 Å². The molecule has 5 nitrogen and oxygen atoms in total. The second-order valence-corrected chi connectivity index (χ2v) is 4.56. The minimum atomic E-state index is -0.632. The van der Waals surface area contributed by atoms with Crippen LogP contribution in [0.3, 0.4) is 0 Å². The first kappa shape index (κ1) is 13.4. The molecule has 19 heavy (non-hydrogen) atoms. The van der Waals surface area contributed by atoms with Crippen LogP contribution in [-0.4, -0.2) is 30.0 Å². The molecule has 1 saturated heterocycles. The number of carbonyl (C=O) groups is 1. The third-order valence-corrected chi connectivity index (χ3v) is 3.09. The number of aliphatic imine (C=N–C) groups is 1. The molecule has 1 aliphatic rings. The second-order valence-electron chi connectivity index (χ2n) is 4.56. The number of piperidine rings is 1. The molecule has 1 aromatic carbocycles. The molecule has 0 saturated carbocycles. The second kappa shape index (κ2) is 6.78. The Morgan fingerprint density at radius 2 is 1.89 bits per heavy atom. The monoisotopic (exact) mass is 261 g/mol. The number of nitrogens with two attached hydrogens (primary N) is 1. The van der Waals surface area contributed by atoms with Crippen LogP contribution in [0.25, 0.3) is 0 Å². The van der Waals surface area contributed by atoms with Gasteiger partial charge in [0.1, 0.15) is 6.61 Å². The lowest BCUT2D eigenvalue weighted by molar-refractivity contribution is 0.150. The standard InChI is InChI=1S/C14H19N3O2/c15-13(17-9-5-2-6-10-17)16-14(18)19-11-12-7-3-1-4-8-12/h1,3-4,7-8H,2,5-6,9-11H2,(H2,15,16,18). The van der Waals surface area contributed by atoms with Crippen LogP contribution in [0, 0.1) is 0 Å². The van der Waals surface area contributed by atoms with Crippen molar-refractivity contribution in [3.05, 3.63) is 35.9 Å². The Kier molecular flexibility index (Phi) is 4.78. The van der Waals surface area contributed by atoms with Gasteiger partial charge < -0.3 is 15.4 Å². The van der Waals surface area contributed by atoms with Gasteiger partial charge in [-0.15, -0.1) is 4.99 Å². The van der Waals surface area contributed by atoms with Crippen molar-refractivity contribution in [3.8, 4) is 0 Å². The third kappa shape index (κ3) is 4.28. The normalized spacial score (nSPS) is 16.2. The van der Waals surface area contributed by atoms with Gasteiger partial charge in [-0.3, -0.25) is 0 Å². The fourth-order valence-corrected chi connectivity index (χ4v) is 2.04. The molecule has 2 rings (SSSR count). The summed E-state index contributed by atoms with van der Waals surface area (Å²) in [6, 6.07) is 9.50. The maximum atomic E-state index is 11.6. The highest BCUT2D eigenvalue weighted by molar-refractivity contribution is 5.89. The zero-order valence-electron chi connectivity index (χ0n) is 10.9. The summed E-state index contributed by atoms with van der Waals surface area (Å²) in [5, 5.41) is 0. The molecular formula is C14H19N3O2. The van der Waals surface area contributed by atoms with Gasteiger partial charge in [0.2, 0.25) is 5.96 Å². The summed E-state index contributed by atoms with van der Waals surface area (Å²) in [6.07, 6.45) is 2.76. The summed E-state index contributed by atoms with van der Waals surface area (Å²) in [7, 11) is 0. The van der Waals surface area contributed by atoms with Gasteiger partial charge in [-0.2, -0.15) is 0 Å². The van der Waals surface area contributed by atoms with Crippen molar-refractivity contribution in [1.29, 1.82) is 0 Å². The number of carbonyl (C=O) groups excluding carboxylic acids is 1. The molecule has 0 atom stereocenters. The zero-order valence-corrected chi connectivity index (χ0v) is 10.9. The van der Waals surface area contributed by atoms with E-state index in [4.69, 9.17) is 10.5 Å². The highest BCUT2D eigenvalue weighted by atomic mass is 16.5. The number of nitrogens with zero attached hydrogens (tertiary/aromatic N) is 2. The molecule has 1 heterocycles. The van der Waals surface area contributed by atoms with Crippen molar-refractivity contribution in [3.63, 3.8) is 0 Å². The van der Waals surface area contributed by atoms with Crippen molar-refractivity contribution in [2.75, 3.05) is 13.1 Å². The van der Waals surface area contributed by atoms with Crippen LogP contribution in [-0.2, 0) is 11.3 Å². The summed E-state index contributed by atoms with van der Waals surface area (Å²) in [5.74, 6) is 0.262. The van der Waals surface area contributed by atoms with Gasteiger partial charge in [-0.25, -0.2) is 4.79 Å². The topological polar surface area (TPSA) is 67.9 Å². The predicted molar refractivity (Wildman–Crippen MR) is 73.7 cm³/mol. The number of hydrogen-bond acceptors (Lipinski definition) is 2. The highest BCUT2D eigenvalue weighted by Crippen LogP contribution is 2.08. The Labute approximate surface area is 113 Å². The number of benzene rings is 1. The van der Waals surface area contributed by atoms with E-state index in [0.717, 1.165) is 31.5 Å². The van der Waals surface area contributed by atoms with Gasteiger partial charge in [0.25, 0.3) is 0 Å². The van der Waals surface area contributed by atoms with Crippen LogP contribution < -0.4 is 5.73 Å². The van der Waals surface area contributed by atoms with E-state index in [0.29, 0.717) is 0 Å². The Morgan fingerprint density at radius 3 is 2.58 bits per heavy atom. The van der Waals surface area contributed by atoms with Crippen molar-refractivity contribution >= 4 is 12.1 Å². The smallest absolute Gasteiger partial charge is 0.437 e. The summed E-state index contributed by atoms with van der Waals surface area (Å²) in [6.45, 7) is 1.94. The lowest BCUT2D eigenvalue weighted by atomic mass is 10.1. The van der Waals surface area contributed by atoms with E-state index >= 15 is 0 Å². The van der Waals surface area contributed by atoms with E-state index in [1.165, 1.54) is 6.42 Å². The Balaban J connectivity index is 1.82. The van der Waals surface area contributed by atoms with Gasteiger partial charge in [0.15, 0.2) is 0 Å². The lowest BCUT2D eigenvalue weighted by Crippen LogP contribution is -2.41. The van der Waals surface area contributed by atoms with E-state index in [1.54, 1.807) is 0 Å². The van der Waals surface area contributed by atoms with Crippen molar-refractivity contribution < 1.29 is 9.53 Å². The first-order valence-electron chi connectivity index (χ1n) is 6.55. The summed E-state index contributed by atoms with van der Waals surface area (Å²) < 4.78 is 5.06. The minimum Gasteiger partial charge on any atom is -0.443 e. The van der Waals surface area contributed by atoms with E-state index < -0.39 is 6.09 Å². The number of rotatable bonds is 2. The molecule has 1 fully saturated rings. The van der Waals surface area contributed by atoms with Crippen molar-refractivity contribution in [2.45, 2.75) is 25.9 Å². The van der Waals surface area contributed by atoms with Gasteiger partial charge in [0.05, 0.1) is 0 Å². The van der Waals surface area contributed by atoms with Crippen LogP contribution in [0.5, 0.6) is 0 Å². The first-order chi connectivity index (χ1) is 9.25. The van der Waals surface area contributed by atoms with Crippen molar-refractivity contribution in [1.82, 2.24) is 4.90 Å². The predicted octanol–water partition coefficient (Wildman–Crippen LogP) is 2.12. The first-order valence-corrected chi connectivity index (χ1v) is 6.55. The molecule has 0 aliphatic carbocycles. The van der Waals surface area contributed by atoms with E-state index in [9.17, 15) is 4.79 Å². The Hall–Kier alpha value is -2.04. The number of guanidine groups is 1. The Morgan fingerprint density at radius 1 is 1.21 bits per heavy atom. The number of hydrogen-bond donors (Lipinski definition) is 1. The highest BCUT2D eigenvalue weighted by Gasteiger charge is 2.13. The van der Waals surface area contributed by atoms with E-state index in [-0.39, 0.29) is 12.6 Å². The Bertz CT molecular complexity index is 439. The minimum absolute atomic E-state index is 0.219. The van der Waals surface area contributed by atoms with E-state index in [1.807, 2.05) is 35.2 Å². The third-order valence-electron chi connectivity index (χ3n) is 3.09. The fraction of sp³-hybridized carbons (Fsp3) is 0.429. The van der Waals surface area contributed by atoms with Crippen molar-refractivity contribution in [2.24, 2.45) is 10.7 Å². The van der Waals surface area contributed by atoms with Crippen LogP contribution in [0.4, 0.5) is 4.79 Å².